The van der Waals surface area contributed by atoms with Gasteiger partial charge < -0.3 is 14.8 Å². The Morgan fingerprint density at radius 3 is 2.79 bits per heavy atom. The summed E-state index contributed by atoms with van der Waals surface area (Å²) in [5, 5.41) is 3.22. The fraction of sp³-hybridized carbons (Fsp3) is 0.520. The van der Waals surface area contributed by atoms with E-state index in [1.807, 2.05) is 32.0 Å². The molecule has 1 N–H and O–H groups in total. The Bertz CT molecular complexity index is 1020. The number of hydrogen-bond acceptors (Lipinski definition) is 8. The fourth-order valence-electron chi connectivity index (χ4n) is 4.42. The molecule has 34 heavy (non-hydrogen) atoms. The van der Waals surface area contributed by atoms with Crippen LogP contribution >= 0.6 is 0 Å². The molecule has 2 aliphatic heterocycles. The Morgan fingerprint density at radius 1 is 1.26 bits per heavy atom. The first-order valence-corrected chi connectivity index (χ1v) is 11.9. The Balaban J connectivity index is 1.54. The summed E-state index contributed by atoms with van der Waals surface area (Å²) < 4.78 is 10.4. The standard InChI is InChI=1S/C25H33N5O4/c1-17(2)27-25-26-10-6-22(28-25)30(15-18-7-11-29(12-8-18)16-23(31)33-3)24(32)20-4-5-21-19(14-20)9-13-34-21/h4-6,10,14,17-18H,7-9,11-13,15-16H2,1-3H3,(H,26,27,28). The van der Waals surface area contributed by atoms with Gasteiger partial charge in [-0.3, -0.25) is 19.4 Å². The number of amides is 1. The van der Waals surface area contributed by atoms with Gasteiger partial charge in [0.2, 0.25) is 5.95 Å². The van der Waals surface area contributed by atoms with Crippen molar-refractivity contribution in [1.82, 2.24) is 14.9 Å². The van der Waals surface area contributed by atoms with Crippen LogP contribution in [0, 0.1) is 5.92 Å². The van der Waals surface area contributed by atoms with E-state index in [0.29, 0.717) is 42.9 Å². The second-order valence-corrected chi connectivity index (χ2v) is 9.17. The normalized spacial score (nSPS) is 16.1. The third-order valence-electron chi connectivity index (χ3n) is 6.25. The topological polar surface area (TPSA) is 96.9 Å². The van der Waals surface area contributed by atoms with Gasteiger partial charge in [-0.1, -0.05) is 0 Å². The molecule has 1 amide bonds. The van der Waals surface area contributed by atoms with Crippen molar-refractivity contribution < 1.29 is 19.1 Å². The molecule has 182 valence electrons. The van der Waals surface area contributed by atoms with Crippen molar-refractivity contribution >= 4 is 23.6 Å². The van der Waals surface area contributed by atoms with Crippen LogP contribution in [-0.4, -0.2) is 72.7 Å². The number of fused-ring (bicyclic) bond motifs is 1. The molecule has 0 unspecified atom stereocenters. The van der Waals surface area contributed by atoms with Gasteiger partial charge in [0, 0.05) is 30.8 Å². The third-order valence-corrected chi connectivity index (χ3v) is 6.25. The smallest absolute Gasteiger partial charge is 0.319 e. The molecule has 3 heterocycles. The maximum Gasteiger partial charge on any atom is 0.319 e. The molecule has 1 aromatic heterocycles. The SMILES string of the molecule is COC(=O)CN1CCC(CN(C(=O)c2ccc3c(c2)CCO3)c2ccnc(NC(C)C)n2)CC1. The summed E-state index contributed by atoms with van der Waals surface area (Å²) >= 11 is 0. The molecule has 2 aliphatic rings. The number of carbonyl (C=O) groups is 2. The van der Waals surface area contributed by atoms with E-state index in [1.165, 1.54) is 7.11 Å². The lowest BCUT2D eigenvalue weighted by atomic mass is 9.95. The lowest BCUT2D eigenvalue weighted by Gasteiger charge is -2.34. The molecule has 1 aromatic carbocycles. The first kappa shape index (κ1) is 23.9. The van der Waals surface area contributed by atoms with Crippen molar-refractivity contribution in [3.8, 4) is 5.75 Å². The van der Waals surface area contributed by atoms with Crippen LogP contribution in [0.15, 0.2) is 30.5 Å². The highest BCUT2D eigenvalue weighted by atomic mass is 16.5. The predicted octanol–water partition coefficient (Wildman–Crippen LogP) is 2.76. The van der Waals surface area contributed by atoms with Crippen molar-refractivity contribution in [3.05, 3.63) is 41.6 Å². The molecule has 0 atom stereocenters. The number of methoxy groups -OCH3 is 1. The maximum absolute atomic E-state index is 13.7. The zero-order valence-electron chi connectivity index (χ0n) is 20.1. The quantitative estimate of drug-likeness (QED) is 0.592. The fourth-order valence-corrected chi connectivity index (χ4v) is 4.42. The van der Waals surface area contributed by atoms with E-state index in [2.05, 4.69) is 20.2 Å². The van der Waals surface area contributed by atoms with Crippen LogP contribution in [-0.2, 0) is 16.0 Å². The van der Waals surface area contributed by atoms with Gasteiger partial charge in [0.25, 0.3) is 5.91 Å². The van der Waals surface area contributed by atoms with Crippen molar-refractivity contribution in [2.45, 2.75) is 39.2 Å². The summed E-state index contributed by atoms with van der Waals surface area (Å²) in [6, 6.07) is 7.60. The molecule has 0 aliphatic carbocycles. The summed E-state index contributed by atoms with van der Waals surface area (Å²) in [4.78, 5) is 38.2. The summed E-state index contributed by atoms with van der Waals surface area (Å²) in [5.41, 5.74) is 1.69. The average Bonchev–Trinajstić information content (AvgIpc) is 3.31. The van der Waals surface area contributed by atoms with Crippen molar-refractivity contribution in [2.24, 2.45) is 5.92 Å². The van der Waals surface area contributed by atoms with E-state index in [0.717, 1.165) is 43.7 Å². The first-order valence-electron chi connectivity index (χ1n) is 11.9. The van der Waals surface area contributed by atoms with Crippen molar-refractivity contribution in [1.29, 1.82) is 0 Å². The van der Waals surface area contributed by atoms with Gasteiger partial charge in [0.1, 0.15) is 11.6 Å². The van der Waals surface area contributed by atoms with Crippen LogP contribution in [0.5, 0.6) is 5.75 Å². The number of hydrogen-bond donors (Lipinski definition) is 1. The van der Waals surface area contributed by atoms with E-state index in [1.54, 1.807) is 17.2 Å². The highest BCUT2D eigenvalue weighted by molar-refractivity contribution is 6.05. The van der Waals surface area contributed by atoms with E-state index in [9.17, 15) is 9.59 Å². The van der Waals surface area contributed by atoms with E-state index < -0.39 is 0 Å². The summed E-state index contributed by atoms with van der Waals surface area (Å²) in [5.74, 6) is 1.93. The van der Waals surface area contributed by atoms with E-state index in [-0.39, 0.29) is 17.9 Å². The van der Waals surface area contributed by atoms with Gasteiger partial charge in [0.05, 0.1) is 20.3 Å². The number of likely N-dealkylation sites (tertiary alicyclic amines) is 1. The van der Waals surface area contributed by atoms with Gasteiger partial charge in [-0.15, -0.1) is 0 Å². The second kappa shape index (κ2) is 10.8. The van der Waals surface area contributed by atoms with Gasteiger partial charge in [0.15, 0.2) is 0 Å². The minimum absolute atomic E-state index is 0.0825. The molecular formula is C25H33N5O4. The van der Waals surface area contributed by atoms with E-state index in [4.69, 9.17) is 9.47 Å². The highest BCUT2D eigenvalue weighted by Gasteiger charge is 2.28. The van der Waals surface area contributed by atoms with Crippen LogP contribution < -0.4 is 15.0 Å². The van der Waals surface area contributed by atoms with Gasteiger partial charge >= 0.3 is 5.97 Å². The number of nitrogens with zero attached hydrogens (tertiary/aromatic N) is 4. The monoisotopic (exact) mass is 467 g/mol. The van der Waals surface area contributed by atoms with Crippen LogP contribution in [0.2, 0.25) is 0 Å². The van der Waals surface area contributed by atoms with Crippen LogP contribution in [0.4, 0.5) is 11.8 Å². The van der Waals surface area contributed by atoms with E-state index >= 15 is 0 Å². The lowest BCUT2D eigenvalue weighted by Crippen LogP contribution is -2.43. The lowest BCUT2D eigenvalue weighted by molar-refractivity contribution is -0.142. The summed E-state index contributed by atoms with van der Waals surface area (Å²) in [6.45, 7) is 7.14. The van der Waals surface area contributed by atoms with Crippen LogP contribution in [0.1, 0.15) is 42.6 Å². The first-order chi connectivity index (χ1) is 16.4. The summed E-state index contributed by atoms with van der Waals surface area (Å²) in [6.07, 6.45) is 4.27. The third kappa shape index (κ3) is 5.83. The number of ether oxygens (including phenoxy) is 2. The maximum atomic E-state index is 13.7. The molecule has 0 saturated carbocycles. The van der Waals surface area contributed by atoms with Crippen LogP contribution in [0.3, 0.4) is 0 Å². The molecule has 4 rings (SSSR count). The molecule has 1 saturated heterocycles. The largest absolute Gasteiger partial charge is 0.493 e. The zero-order valence-corrected chi connectivity index (χ0v) is 20.1. The number of esters is 1. The predicted molar refractivity (Wildman–Crippen MR) is 129 cm³/mol. The Kier molecular flexibility index (Phi) is 7.62. The number of piperidine rings is 1. The van der Waals surface area contributed by atoms with Crippen LogP contribution in [0.25, 0.3) is 0 Å². The number of aromatic nitrogens is 2. The summed E-state index contributed by atoms with van der Waals surface area (Å²) in [7, 11) is 1.41. The molecule has 9 nitrogen and oxygen atoms in total. The Morgan fingerprint density at radius 2 is 2.06 bits per heavy atom. The Hall–Kier alpha value is -3.20. The number of benzene rings is 1. The molecule has 2 aromatic rings. The van der Waals surface area contributed by atoms with Gasteiger partial charge in [-0.05, 0) is 75.5 Å². The second-order valence-electron chi connectivity index (χ2n) is 9.17. The molecule has 0 radical (unpaired) electrons. The Labute approximate surface area is 200 Å². The van der Waals surface area contributed by atoms with Crippen molar-refractivity contribution in [2.75, 3.05) is 50.1 Å². The molecule has 1 fully saturated rings. The van der Waals surface area contributed by atoms with Crippen molar-refractivity contribution in [3.63, 3.8) is 0 Å². The van der Waals surface area contributed by atoms with Gasteiger partial charge in [-0.2, -0.15) is 4.98 Å². The molecule has 0 spiro atoms. The molecular weight excluding hydrogens is 434 g/mol. The number of anilines is 2. The minimum Gasteiger partial charge on any atom is -0.493 e. The zero-order chi connectivity index (χ0) is 24.1. The highest BCUT2D eigenvalue weighted by Crippen LogP contribution is 2.28. The molecule has 9 heteroatoms. The average molecular weight is 468 g/mol. The number of nitrogens with one attached hydrogen (secondary N) is 1. The number of carbonyl (C=O) groups excluding carboxylic acids is 2. The minimum atomic E-state index is -0.220. The number of rotatable bonds is 8. The molecule has 0 bridgehead atoms. The van der Waals surface area contributed by atoms with Gasteiger partial charge in [-0.25, -0.2) is 4.98 Å².